The van der Waals surface area contributed by atoms with Gasteiger partial charge in [0, 0.05) is 34.1 Å². The molecule has 5 rings (SSSR count). The molecule has 1 unspecified atom stereocenters. The summed E-state index contributed by atoms with van der Waals surface area (Å²) in [5.74, 6) is -0.222. The highest BCUT2D eigenvalue weighted by atomic mass is 32.1. The number of aromatic amines is 1. The van der Waals surface area contributed by atoms with Gasteiger partial charge >= 0.3 is 5.97 Å². The molecule has 3 heterocycles. The van der Waals surface area contributed by atoms with Crippen molar-refractivity contribution in [1.82, 2.24) is 10.3 Å². The van der Waals surface area contributed by atoms with Gasteiger partial charge in [-0.05, 0) is 55.4 Å². The smallest absolute Gasteiger partial charge is 0.341 e. The van der Waals surface area contributed by atoms with Crippen LogP contribution in [0.15, 0.2) is 23.1 Å². The zero-order valence-corrected chi connectivity index (χ0v) is 17.1. The number of aromatic carboxylic acids is 1. The monoisotopic (exact) mass is 410 g/mol. The summed E-state index contributed by atoms with van der Waals surface area (Å²) in [7, 11) is 1.61. The molecule has 1 fully saturated rings. The Bertz CT molecular complexity index is 1210. The normalized spacial score (nSPS) is 18.6. The Kier molecular flexibility index (Phi) is 4.26. The molecule has 1 saturated carbocycles. The van der Waals surface area contributed by atoms with E-state index in [9.17, 15) is 14.7 Å². The first kappa shape index (κ1) is 18.4. The van der Waals surface area contributed by atoms with Gasteiger partial charge in [0.05, 0.1) is 18.0 Å². The molecule has 7 heteroatoms. The van der Waals surface area contributed by atoms with Gasteiger partial charge in [-0.3, -0.25) is 4.79 Å². The largest absolute Gasteiger partial charge is 0.494 e. The van der Waals surface area contributed by atoms with E-state index in [0.717, 1.165) is 41.8 Å². The second kappa shape index (κ2) is 6.71. The number of carboxylic acids is 1. The number of pyridine rings is 1. The van der Waals surface area contributed by atoms with Crippen molar-refractivity contribution in [3.63, 3.8) is 0 Å². The fourth-order valence-electron chi connectivity index (χ4n) is 4.33. The molecule has 0 saturated heterocycles. The number of fused-ring (bicyclic) bond motifs is 2. The number of benzene rings is 1. The zero-order chi connectivity index (χ0) is 20.3. The highest BCUT2D eigenvalue weighted by Crippen LogP contribution is 2.51. The lowest BCUT2D eigenvalue weighted by Crippen LogP contribution is -2.26. The van der Waals surface area contributed by atoms with Crippen molar-refractivity contribution in [2.45, 2.75) is 38.1 Å². The third-order valence-corrected chi connectivity index (χ3v) is 7.20. The summed E-state index contributed by atoms with van der Waals surface area (Å²) in [5, 5.41) is 13.2. The van der Waals surface area contributed by atoms with Gasteiger partial charge in [-0.15, -0.1) is 11.3 Å². The summed E-state index contributed by atoms with van der Waals surface area (Å²) < 4.78 is 5.82. The molecule has 2 aromatic heterocycles. The number of ether oxygens (including phenoxy) is 1. The summed E-state index contributed by atoms with van der Waals surface area (Å²) in [4.78, 5) is 29.8. The van der Waals surface area contributed by atoms with Crippen LogP contribution in [0.25, 0.3) is 21.3 Å². The Morgan fingerprint density at radius 3 is 2.72 bits per heavy atom. The van der Waals surface area contributed by atoms with Crippen molar-refractivity contribution in [2.24, 2.45) is 0 Å². The lowest BCUT2D eigenvalue weighted by molar-refractivity contribution is 0.0695. The molecule has 3 aromatic rings. The molecular weight excluding hydrogens is 388 g/mol. The third-order valence-electron chi connectivity index (χ3n) is 5.97. The maximum atomic E-state index is 12.8. The van der Waals surface area contributed by atoms with E-state index in [4.69, 9.17) is 4.74 Å². The Morgan fingerprint density at radius 2 is 2.07 bits per heavy atom. The van der Waals surface area contributed by atoms with Gasteiger partial charge in [-0.1, -0.05) is 0 Å². The molecule has 1 atom stereocenters. The van der Waals surface area contributed by atoms with Crippen LogP contribution in [-0.4, -0.2) is 29.7 Å². The molecule has 2 aliphatic rings. The van der Waals surface area contributed by atoms with Gasteiger partial charge in [0.25, 0.3) is 0 Å². The van der Waals surface area contributed by atoms with Gasteiger partial charge in [0.1, 0.15) is 5.56 Å². The van der Waals surface area contributed by atoms with Crippen molar-refractivity contribution in [3.8, 4) is 16.2 Å². The number of thiophene rings is 1. The van der Waals surface area contributed by atoms with Gasteiger partial charge < -0.3 is 20.1 Å². The molecule has 0 bridgehead atoms. The maximum absolute atomic E-state index is 12.8. The van der Waals surface area contributed by atoms with Crippen LogP contribution in [0.4, 0.5) is 0 Å². The molecule has 1 aliphatic carbocycles. The van der Waals surface area contributed by atoms with E-state index in [2.05, 4.69) is 23.3 Å². The molecule has 3 N–H and O–H groups in total. The van der Waals surface area contributed by atoms with E-state index in [1.807, 2.05) is 6.07 Å². The van der Waals surface area contributed by atoms with E-state index < -0.39 is 11.4 Å². The van der Waals surface area contributed by atoms with Crippen LogP contribution in [-0.2, 0) is 6.42 Å². The van der Waals surface area contributed by atoms with Crippen molar-refractivity contribution in [3.05, 3.63) is 50.1 Å². The highest BCUT2D eigenvalue weighted by molar-refractivity contribution is 7.15. The topological polar surface area (TPSA) is 91.4 Å². The number of H-pyrrole nitrogens is 1. The average Bonchev–Trinajstić information content (AvgIpc) is 3.45. The third kappa shape index (κ3) is 2.88. The molecule has 6 nitrogen and oxygen atoms in total. The fourth-order valence-corrected chi connectivity index (χ4v) is 5.65. The van der Waals surface area contributed by atoms with Crippen molar-refractivity contribution in [1.29, 1.82) is 0 Å². The van der Waals surface area contributed by atoms with E-state index in [-0.39, 0.29) is 5.56 Å². The molecule has 0 amide bonds. The second-order valence-corrected chi connectivity index (χ2v) is 8.96. The van der Waals surface area contributed by atoms with E-state index in [0.29, 0.717) is 28.6 Å². The predicted molar refractivity (Wildman–Crippen MR) is 113 cm³/mol. The Hall–Kier alpha value is -2.64. The Balaban J connectivity index is 1.81. The van der Waals surface area contributed by atoms with Gasteiger partial charge in [-0.25, -0.2) is 4.79 Å². The van der Waals surface area contributed by atoms with Gasteiger partial charge in [0.15, 0.2) is 5.75 Å². The van der Waals surface area contributed by atoms with E-state index in [1.54, 1.807) is 18.4 Å². The second-order valence-electron chi connectivity index (χ2n) is 7.82. The molecule has 0 radical (unpaired) electrons. The highest BCUT2D eigenvalue weighted by Gasteiger charge is 2.32. The molecule has 1 aliphatic heterocycles. The van der Waals surface area contributed by atoms with Crippen molar-refractivity contribution in [2.75, 3.05) is 13.7 Å². The van der Waals surface area contributed by atoms with Gasteiger partial charge in [-0.2, -0.15) is 0 Å². The number of aromatic nitrogens is 1. The van der Waals surface area contributed by atoms with Crippen LogP contribution in [0.3, 0.4) is 0 Å². The molecule has 150 valence electrons. The maximum Gasteiger partial charge on any atom is 0.341 e. The van der Waals surface area contributed by atoms with E-state index >= 15 is 0 Å². The number of nitrogens with one attached hydrogen (secondary N) is 2. The number of methoxy groups -OCH3 is 1. The lowest BCUT2D eigenvalue weighted by atomic mass is 9.95. The molecule has 0 spiro atoms. The average molecular weight is 410 g/mol. The molecule has 29 heavy (non-hydrogen) atoms. The Labute approximate surface area is 171 Å². The quantitative estimate of drug-likeness (QED) is 0.604. The van der Waals surface area contributed by atoms with Gasteiger partial charge in [0.2, 0.25) is 5.43 Å². The van der Waals surface area contributed by atoms with Crippen molar-refractivity contribution >= 4 is 28.2 Å². The van der Waals surface area contributed by atoms with E-state index in [1.165, 1.54) is 16.6 Å². The summed E-state index contributed by atoms with van der Waals surface area (Å²) in [6.45, 7) is 3.16. The first-order chi connectivity index (χ1) is 14.0. The summed E-state index contributed by atoms with van der Waals surface area (Å²) in [6, 6.07) is 4.45. The van der Waals surface area contributed by atoms with Crippen LogP contribution in [0, 0.1) is 0 Å². The minimum atomic E-state index is -1.23. The standard InChI is InChI=1S/C22H22N2O4S/c1-10-12-8-17(29-16(12)5-6-23-10)18-13(11-3-4-11)7-14-19(21(18)28-2)24-9-15(20(14)25)22(26)27/h7-11,23H,3-6H2,1-2H3,(H,24,25)(H,26,27). The van der Waals surface area contributed by atoms with Crippen molar-refractivity contribution < 1.29 is 14.6 Å². The Morgan fingerprint density at radius 1 is 1.28 bits per heavy atom. The van der Waals surface area contributed by atoms with Crippen LogP contribution in [0.1, 0.15) is 58.1 Å². The van der Waals surface area contributed by atoms with Crippen LogP contribution >= 0.6 is 11.3 Å². The lowest BCUT2D eigenvalue weighted by Gasteiger charge is -2.19. The number of hydrogen-bond donors (Lipinski definition) is 3. The SMILES string of the molecule is COc1c(-c2cc3c(s2)CCNC3C)c(C2CC2)cc2c(=O)c(C(=O)O)c[nH]c12. The minimum Gasteiger partial charge on any atom is -0.494 e. The first-order valence-electron chi connectivity index (χ1n) is 9.85. The van der Waals surface area contributed by atoms with Crippen LogP contribution < -0.4 is 15.5 Å². The number of carbonyl (C=O) groups is 1. The fraction of sp³-hybridized carbons (Fsp3) is 0.364. The number of carboxylic acid groups (broad SMARTS) is 1. The molecule has 1 aromatic carbocycles. The minimum absolute atomic E-state index is 0.250. The first-order valence-corrected chi connectivity index (χ1v) is 10.7. The van der Waals surface area contributed by atoms with Crippen LogP contribution in [0.2, 0.25) is 0 Å². The number of hydrogen-bond acceptors (Lipinski definition) is 5. The summed E-state index contributed by atoms with van der Waals surface area (Å²) >= 11 is 1.80. The molecular formula is C22H22N2O4S. The predicted octanol–water partition coefficient (Wildman–Crippen LogP) is 4.05. The zero-order valence-electron chi connectivity index (χ0n) is 16.3. The van der Waals surface area contributed by atoms with Crippen LogP contribution in [0.5, 0.6) is 5.75 Å². The summed E-state index contributed by atoms with van der Waals surface area (Å²) in [5.41, 5.74) is 3.28. The summed E-state index contributed by atoms with van der Waals surface area (Å²) in [6.07, 6.45) is 4.42. The number of rotatable bonds is 4.